The summed E-state index contributed by atoms with van der Waals surface area (Å²) in [4.78, 5) is 0. The Bertz CT molecular complexity index is 1250. The average Bonchev–Trinajstić information content (AvgIpc) is 2.95. The number of ether oxygens (including phenoxy) is 2. The first kappa shape index (κ1) is 35.1. The van der Waals surface area contributed by atoms with Gasteiger partial charge in [-0.1, -0.05) is 118 Å². The Morgan fingerprint density at radius 2 is 0.976 bits per heavy atom. The van der Waals surface area contributed by atoms with Crippen molar-refractivity contribution < 1.29 is 9.47 Å². The zero-order chi connectivity index (χ0) is 31.0. The Morgan fingerprint density at radius 1 is 0.571 bits per heavy atom. The molecular formula is C39H54O2Si. The summed E-state index contributed by atoms with van der Waals surface area (Å²) in [7, 11) is -1.86. The molecule has 2 aromatic carbocycles. The van der Waals surface area contributed by atoms with E-state index in [2.05, 4.69) is 96.7 Å². The van der Waals surface area contributed by atoms with Gasteiger partial charge in [0, 0.05) is 22.3 Å². The molecule has 0 aromatic heterocycles. The van der Waals surface area contributed by atoms with E-state index in [1.807, 2.05) is 24.3 Å². The van der Waals surface area contributed by atoms with E-state index < -0.39 is 8.07 Å². The molecule has 0 spiro atoms. The second kappa shape index (κ2) is 18.5. The zero-order valence-electron chi connectivity index (χ0n) is 27.7. The smallest absolute Gasteiger partial charge is 0.146 e. The number of unbranched alkanes of at least 4 members (excludes halogenated alkanes) is 6. The van der Waals surface area contributed by atoms with Gasteiger partial charge in [-0.3, -0.25) is 0 Å². The minimum atomic E-state index is -1.86. The van der Waals surface area contributed by atoms with Gasteiger partial charge >= 0.3 is 0 Å². The summed E-state index contributed by atoms with van der Waals surface area (Å²) in [5.41, 5.74) is 9.08. The molecule has 2 aromatic rings. The minimum absolute atomic E-state index is 0.578. The third-order valence-electron chi connectivity index (χ3n) is 8.15. The Labute approximate surface area is 259 Å². The number of hydrogen-bond acceptors (Lipinski definition) is 2. The van der Waals surface area contributed by atoms with Crippen LogP contribution in [0.4, 0.5) is 0 Å². The predicted molar refractivity (Wildman–Crippen MR) is 184 cm³/mol. The SMILES string of the molecule is C#Cc1cc(C#Cc2cc(C#C[Si](C(C)C)(C(C)C)C(C)C)cc(OCCCCCC)c2)cc(OCCCCCC)c1. The molecule has 0 aliphatic rings. The van der Waals surface area contributed by atoms with Gasteiger partial charge in [-0.25, -0.2) is 0 Å². The van der Waals surface area contributed by atoms with Gasteiger partial charge in [0.1, 0.15) is 19.6 Å². The second-order valence-corrected chi connectivity index (χ2v) is 17.9. The molecule has 0 N–H and O–H groups in total. The fourth-order valence-electron chi connectivity index (χ4n) is 5.86. The lowest BCUT2D eigenvalue weighted by atomic mass is 10.1. The van der Waals surface area contributed by atoms with Gasteiger partial charge in [-0.05, 0) is 65.9 Å². The van der Waals surface area contributed by atoms with Crippen molar-refractivity contribution in [1.29, 1.82) is 0 Å². The Hall–Kier alpha value is -3.06. The number of hydrogen-bond donors (Lipinski definition) is 0. The summed E-state index contributed by atoms with van der Waals surface area (Å²) in [6.07, 6.45) is 15.1. The van der Waals surface area contributed by atoms with Gasteiger partial charge in [0.15, 0.2) is 0 Å². The summed E-state index contributed by atoms with van der Waals surface area (Å²) < 4.78 is 12.2. The molecule has 0 radical (unpaired) electrons. The second-order valence-electron chi connectivity index (χ2n) is 12.4. The maximum Gasteiger partial charge on any atom is 0.146 e. The Balaban J connectivity index is 2.44. The molecule has 0 fully saturated rings. The van der Waals surface area contributed by atoms with Crippen molar-refractivity contribution in [1.82, 2.24) is 0 Å². The monoisotopic (exact) mass is 582 g/mol. The molecule has 0 saturated carbocycles. The first-order chi connectivity index (χ1) is 20.2. The first-order valence-electron chi connectivity index (χ1n) is 16.2. The van der Waals surface area contributed by atoms with Gasteiger partial charge in [0.25, 0.3) is 0 Å². The van der Waals surface area contributed by atoms with Crippen LogP contribution in [0.1, 0.15) is 129 Å². The van der Waals surface area contributed by atoms with Crippen LogP contribution in [0, 0.1) is 35.6 Å². The van der Waals surface area contributed by atoms with Gasteiger partial charge in [0.05, 0.1) is 13.2 Å². The van der Waals surface area contributed by atoms with Gasteiger partial charge in [0.2, 0.25) is 0 Å². The van der Waals surface area contributed by atoms with Crippen LogP contribution < -0.4 is 9.47 Å². The highest BCUT2D eigenvalue weighted by molar-refractivity contribution is 6.90. The van der Waals surface area contributed by atoms with Crippen molar-refractivity contribution in [3.63, 3.8) is 0 Å². The van der Waals surface area contributed by atoms with E-state index >= 15 is 0 Å². The summed E-state index contributed by atoms with van der Waals surface area (Å²) in [6, 6.07) is 12.1. The minimum Gasteiger partial charge on any atom is -0.494 e. The van der Waals surface area contributed by atoms with E-state index in [0.29, 0.717) is 29.8 Å². The van der Waals surface area contributed by atoms with Gasteiger partial charge in [-0.15, -0.1) is 12.0 Å². The van der Waals surface area contributed by atoms with Gasteiger partial charge in [-0.2, -0.15) is 0 Å². The molecule has 0 bridgehead atoms. The van der Waals surface area contributed by atoms with Crippen LogP contribution >= 0.6 is 0 Å². The van der Waals surface area contributed by atoms with Crippen molar-refractivity contribution in [2.24, 2.45) is 0 Å². The van der Waals surface area contributed by atoms with Crippen LogP contribution in [-0.4, -0.2) is 21.3 Å². The molecule has 42 heavy (non-hydrogen) atoms. The molecule has 2 rings (SSSR count). The Morgan fingerprint density at radius 3 is 1.38 bits per heavy atom. The molecule has 226 valence electrons. The maximum absolute atomic E-state index is 6.22. The topological polar surface area (TPSA) is 18.5 Å². The van der Waals surface area contributed by atoms with Crippen LogP contribution in [0.2, 0.25) is 16.6 Å². The summed E-state index contributed by atoms with van der Waals surface area (Å²) >= 11 is 0. The fraction of sp³-hybridized carbons (Fsp3) is 0.538. The third-order valence-corrected chi connectivity index (χ3v) is 14.4. The molecule has 0 amide bonds. The highest BCUT2D eigenvalue weighted by Crippen LogP contribution is 2.40. The average molecular weight is 583 g/mol. The molecule has 3 heteroatoms. The number of terminal acetylenes is 1. The van der Waals surface area contributed by atoms with Crippen molar-refractivity contribution in [2.75, 3.05) is 13.2 Å². The van der Waals surface area contributed by atoms with E-state index in [4.69, 9.17) is 15.9 Å². The summed E-state index contributed by atoms with van der Waals surface area (Å²) in [6.45, 7) is 19.9. The van der Waals surface area contributed by atoms with Crippen LogP contribution in [0.5, 0.6) is 11.5 Å². The lowest BCUT2D eigenvalue weighted by molar-refractivity contribution is 0.305. The molecular weight excluding hydrogens is 529 g/mol. The quantitative estimate of drug-likeness (QED) is 0.118. The van der Waals surface area contributed by atoms with Gasteiger partial charge < -0.3 is 9.47 Å². The molecule has 0 heterocycles. The highest BCUT2D eigenvalue weighted by atomic mass is 28.3. The fourth-order valence-corrected chi connectivity index (χ4v) is 11.1. The lowest BCUT2D eigenvalue weighted by Gasteiger charge is -2.38. The van der Waals surface area contributed by atoms with Crippen LogP contribution in [0.15, 0.2) is 36.4 Å². The van der Waals surface area contributed by atoms with Crippen molar-refractivity contribution in [2.45, 2.75) is 123 Å². The molecule has 0 aliphatic carbocycles. The maximum atomic E-state index is 6.22. The summed E-state index contributed by atoms with van der Waals surface area (Å²) in [5.74, 6) is 14.7. The highest BCUT2D eigenvalue weighted by Gasteiger charge is 2.41. The summed E-state index contributed by atoms with van der Waals surface area (Å²) in [5, 5.41) is 0. The first-order valence-corrected chi connectivity index (χ1v) is 18.5. The zero-order valence-corrected chi connectivity index (χ0v) is 28.7. The lowest BCUT2D eigenvalue weighted by Crippen LogP contribution is -2.43. The standard InChI is InChI=1S/C39H54O2Si/c1-10-13-15-17-22-40-38-27-34(12-3)25-35(28-38)19-20-36-26-37(30-39(29-36)41-23-18-16-14-11-2)21-24-42(31(4)5,32(6)7)33(8)9/h3,25-33H,10-11,13-18,22-23H2,1-2,4-9H3. The Kier molecular flexibility index (Phi) is 15.5. The third kappa shape index (κ3) is 11.0. The van der Waals surface area contributed by atoms with E-state index in [1.165, 1.54) is 38.5 Å². The number of rotatable bonds is 15. The molecule has 0 atom stereocenters. The van der Waals surface area contributed by atoms with Crippen molar-refractivity contribution in [3.8, 4) is 47.1 Å². The largest absolute Gasteiger partial charge is 0.494 e. The van der Waals surface area contributed by atoms with Crippen molar-refractivity contribution >= 4 is 8.07 Å². The van der Waals surface area contributed by atoms with E-state index in [-0.39, 0.29) is 0 Å². The van der Waals surface area contributed by atoms with E-state index in [1.54, 1.807) is 0 Å². The predicted octanol–water partition coefficient (Wildman–Crippen LogP) is 10.6. The molecule has 0 aliphatic heterocycles. The van der Waals surface area contributed by atoms with E-state index in [9.17, 15) is 0 Å². The van der Waals surface area contributed by atoms with Crippen LogP contribution in [-0.2, 0) is 0 Å². The van der Waals surface area contributed by atoms with Crippen LogP contribution in [0.25, 0.3) is 0 Å². The molecule has 0 unspecified atom stereocenters. The number of benzene rings is 2. The molecule has 2 nitrogen and oxygen atoms in total. The normalized spacial score (nSPS) is 11.1. The van der Waals surface area contributed by atoms with Crippen LogP contribution in [0.3, 0.4) is 0 Å². The van der Waals surface area contributed by atoms with E-state index in [0.717, 1.165) is 46.6 Å². The van der Waals surface area contributed by atoms with Crippen molar-refractivity contribution in [3.05, 3.63) is 58.7 Å². The molecule has 0 saturated heterocycles.